The van der Waals surface area contributed by atoms with Crippen LogP contribution in [0.4, 0.5) is 5.69 Å². The van der Waals surface area contributed by atoms with E-state index in [0.717, 1.165) is 19.5 Å². The average molecular weight is 333 g/mol. The van der Waals surface area contributed by atoms with Crippen molar-refractivity contribution in [1.82, 2.24) is 4.90 Å². The van der Waals surface area contributed by atoms with Gasteiger partial charge in [0.2, 0.25) is 0 Å². The molecule has 1 heterocycles. The highest BCUT2D eigenvalue weighted by Crippen LogP contribution is 2.31. The Kier molecular flexibility index (Phi) is 6.17. The third kappa shape index (κ3) is 3.95. The highest BCUT2D eigenvalue weighted by Gasteiger charge is 2.28. The van der Waals surface area contributed by atoms with Crippen LogP contribution in [0, 0.1) is 11.8 Å². The summed E-state index contributed by atoms with van der Waals surface area (Å²) >= 11 is 6.03. The Morgan fingerprint density at radius 2 is 1.90 bits per heavy atom. The van der Waals surface area contributed by atoms with Crippen LogP contribution in [-0.4, -0.2) is 31.0 Å². The van der Waals surface area contributed by atoms with Crippen LogP contribution in [0.15, 0.2) is 12.1 Å². The standard InChI is InChI=1S/C15H21ClN2O2.ClH/c1-9-4-10(2)8-18(7-9)15(19)11-5-12(16)13(17)6-14(11)20-3;/h5-6,9-10H,4,7-8,17H2,1-3H3;1H. The Hall–Kier alpha value is -1.13. The number of nitrogens with two attached hydrogens (primary N) is 1. The predicted octanol–water partition coefficient (Wildman–Crippen LogP) is 3.47. The number of halogens is 2. The van der Waals surface area contributed by atoms with Gasteiger partial charge in [-0.25, -0.2) is 0 Å². The van der Waals surface area contributed by atoms with Crippen molar-refractivity contribution in [2.24, 2.45) is 11.8 Å². The van der Waals surface area contributed by atoms with Gasteiger partial charge in [0.05, 0.1) is 23.4 Å². The average Bonchev–Trinajstić information content (AvgIpc) is 2.39. The second-order valence-corrected chi connectivity index (χ2v) is 6.14. The summed E-state index contributed by atoms with van der Waals surface area (Å²) in [6.45, 7) is 5.88. The Labute approximate surface area is 137 Å². The number of nitrogen functional groups attached to an aromatic ring is 1. The topological polar surface area (TPSA) is 55.6 Å². The Morgan fingerprint density at radius 1 is 1.33 bits per heavy atom. The van der Waals surface area contributed by atoms with Gasteiger partial charge < -0.3 is 15.4 Å². The molecule has 1 aliphatic heterocycles. The fourth-order valence-corrected chi connectivity index (χ4v) is 3.07. The van der Waals surface area contributed by atoms with Crippen LogP contribution < -0.4 is 10.5 Å². The molecule has 0 radical (unpaired) electrons. The number of amides is 1. The van der Waals surface area contributed by atoms with Crippen molar-refractivity contribution in [1.29, 1.82) is 0 Å². The first-order valence-electron chi connectivity index (χ1n) is 6.84. The van der Waals surface area contributed by atoms with E-state index in [4.69, 9.17) is 22.1 Å². The molecule has 2 unspecified atom stereocenters. The van der Waals surface area contributed by atoms with Gasteiger partial charge in [-0.3, -0.25) is 4.79 Å². The maximum atomic E-state index is 12.7. The molecule has 1 saturated heterocycles. The SMILES string of the molecule is COc1cc(N)c(Cl)cc1C(=O)N1CC(C)CC(C)C1.Cl. The molecule has 118 valence electrons. The summed E-state index contributed by atoms with van der Waals surface area (Å²) in [7, 11) is 1.53. The van der Waals surface area contributed by atoms with Crippen molar-refractivity contribution < 1.29 is 9.53 Å². The molecular weight excluding hydrogens is 311 g/mol. The second-order valence-electron chi connectivity index (χ2n) is 5.73. The molecular formula is C15H22Cl2N2O2. The predicted molar refractivity (Wildman–Crippen MR) is 88.5 cm³/mol. The van der Waals surface area contributed by atoms with Gasteiger partial charge >= 0.3 is 0 Å². The summed E-state index contributed by atoms with van der Waals surface area (Å²) in [6.07, 6.45) is 1.16. The molecule has 0 spiro atoms. The highest BCUT2D eigenvalue weighted by molar-refractivity contribution is 6.33. The second kappa shape index (κ2) is 7.23. The Bertz CT molecular complexity index is 513. The van der Waals surface area contributed by atoms with Crippen LogP contribution in [0.1, 0.15) is 30.6 Å². The maximum absolute atomic E-state index is 12.7. The molecule has 6 heteroatoms. The number of methoxy groups -OCH3 is 1. The van der Waals surface area contributed by atoms with E-state index in [1.165, 1.54) is 7.11 Å². The van der Waals surface area contributed by atoms with Gasteiger partial charge in [-0.1, -0.05) is 25.4 Å². The van der Waals surface area contributed by atoms with E-state index >= 15 is 0 Å². The fourth-order valence-electron chi connectivity index (χ4n) is 2.90. The maximum Gasteiger partial charge on any atom is 0.257 e. The lowest BCUT2D eigenvalue weighted by molar-refractivity contribution is 0.0620. The number of anilines is 1. The summed E-state index contributed by atoms with van der Waals surface area (Å²) in [6, 6.07) is 3.20. The number of hydrogen-bond acceptors (Lipinski definition) is 3. The summed E-state index contributed by atoms with van der Waals surface area (Å²) < 4.78 is 5.26. The van der Waals surface area contributed by atoms with Crippen molar-refractivity contribution in [2.45, 2.75) is 20.3 Å². The van der Waals surface area contributed by atoms with E-state index in [1.807, 2.05) is 4.90 Å². The third-order valence-electron chi connectivity index (χ3n) is 3.71. The van der Waals surface area contributed by atoms with Crippen molar-refractivity contribution in [3.8, 4) is 5.75 Å². The molecule has 1 aliphatic rings. The lowest BCUT2D eigenvalue weighted by atomic mass is 9.91. The zero-order chi connectivity index (χ0) is 14.9. The first-order chi connectivity index (χ1) is 9.42. The lowest BCUT2D eigenvalue weighted by Crippen LogP contribution is -2.42. The molecule has 1 aromatic carbocycles. The fraction of sp³-hybridized carbons (Fsp3) is 0.533. The van der Waals surface area contributed by atoms with Gasteiger partial charge in [0.25, 0.3) is 5.91 Å². The minimum Gasteiger partial charge on any atom is -0.496 e. The van der Waals surface area contributed by atoms with Gasteiger partial charge in [0.1, 0.15) is 5.75 Å². The largest absolute Gasteiger partial charge is 0.496 e. The first-order valence-corrected chi connectivity index (χ1v) is 7.22. The quantitative estimate of drug-likeness (QED) is 0.843. The molecule has 2 rings (SSSR count). The molecule has 2 N–H and O–H groups in total. The molecule has 1 amide bonds. The van der Waals surface area contributed by atoms with Crippen molar-refractivity contribution >= 4 is 35.6 Å². The Morgan fingerprint density at radius 3 is 2.43 bits per heavy atom. The van der Waals surface area contributed by atoms with Gasteiger partial charge in [-0.05, 0) is 24.3 Å². The van der Waals surface area contributed by atoms with Gasteiger partial charge in [0.15, 0.2) is 0 Å². The number of likely N-dealkylation sites (tertiary alicyclic amines) is 1. The summed E-state index contributed by atoms with van der Waals surface area (Å²) in [5.74, 6) is 1.46. The summed E-state index contributed by atoms with van der Waals surface area (Å²) in [4.78, 5) is 14.6. The van der Waals surface area contributed by atoms with Crippen molar-refractivity contribution in [3.05, 3.63) is 22.7 Å². The van der Waals surface area contributed by atoms with E-state index in [9.17, 15) is 4.79 Å². The van der Waals surface area contributed by atoms with Gasteiger partial charge in [-0.15, -0.1) is 12.4 Å². The first kappa shape index (κ1) is 17.9. The number of nitrogens with zero attached hydrogens (tertiary/aromatic N) is 1. The van der Waals surface area contributed by atoms with Crippen LogP contribution in [-0.2, 0) is 0 Å². The van der Waals surface area contributed by atoms with E-state index < -0.39 is 0 Å². The van der Waals surface area contributed by atoms with Crippen molar-refractivity contribution in [2.75, 3.05) is 25.9 Å². The van der Waals surface area contributed by atoms with Gasteiger partial charge in [-0.2, -0.15) is 0 Å². The smallest absolute Gasteiger partial charge is 0.257 e. The molecule has 0 aliphatic carbocycles. The summed E-state index contributed by atoms with van der Waals surface area (Å²) in [5, 5.41) is 0.382. The number of piperidine rings is 1. The molecule has 1 fully saturated rings. The van der Waals surface area contributed by atoms with E-state index in [0.29, 0.717) is 33.9 Å². The molecule has 0 bridgehead atoms. The van der Waals surface area contributed by atoms with Crippen LogP contribution in [0.5, 0.6) is 5.75 Å². The number of carbonyl (C=O) groups is 1. The van der Waals surface area contributed by atoms with Crippen LogP contribution in [0.3, 0.4) is 0 Å². The number of hydrogen-bond donors (Lipinski definition) is 1. The zero-order valence-corrected chi connectivity index (χ0v) is 14.1. The molecule has 21 heavy (non-hydrogen) atoms. The number of carbonyl (C=O) groups excluding carboxylic acids is 1. The monoisotopic (exact) mass is 332 g/mol. The third-order valence-corrected chi connectivity index (χ3v) is 4.03. The molecule has 0 aromatic heterocycles. The van der Waals surface area contributed by atoms with E-state index in [2.05, 4.69) is 13.8 Å². The number of benzene rings is 1. The van der Waals surface area contributed by atoms with Gasteiger partial charge in [0, 0.05) is 19.2 Å². The minimum atomic E-state index is -0.0397. The summed E-state index contributed by atoms with van der Waals surface area (Å²) in [5.41, 5.74) is 6.65. The van der Waals surface area contributed by atoms with Crippen LogP contribution in [0.25, 0.3) is 0 Å². The molecule has 0 saturated carbocycles. The van der Waals surface area contributed by atoms with Crippen LogP contribution in [0.2, 0.25) is 5.02 Å². The normalized spacial score (nSPS) is 21.6. The number of ether oxygens (including phenoxy) is 1. The zero-order valence-electron chi connectivity index (χ0n) is 12.6. The Balaban J connectivity index is 0.00000220. The van der Waals surface area contributed by atoms with Crippen LogP contribution >= 0.6 is 24.0 Å². The highest BCUT2D eigenvalue weighted by atomic mass is 35.5. The minimum absolute atomic E-state index is 0. The number of rotatable bonds is 2. The van der Waals surface area contributed by atoms with E-state index in [-0.39, 0.29) is 18.3 Å². The van der Waals surface area contributed by atoms with E-state index in [1.54, 1.807) is 12.1 Å². The lowest BCUT2D eigenvalue weighted by Gasteiger charge is -2.35. The molecule has 2 atom stereocenters. The molecule has 4 nitrogen and oxygen atoms in total. The molecule has 1 aromatic rings. The van der Waals surface area contributed by atoms with Crippen molar-refractivity contribution in [3.63, 3.8) is 0 Å².